The second kappa shape index (κ2) is 10.0. The zero-order valence-electron chi connectivity index (χ0n) is 18.2. The lowest BCUT2D eigenvalue weighted by Gasteiger charge is -2.23. The minimum atomic E-state index is -0.0476. The molecule has 1 aliphatic heterocycles. The number of hydrogen-bond acceptors (Lipinski definition) is 6. The lowest BCUT2D eigenvalue weighted by molar-refractivity contribution is 0.0917. The Kier molecular flexibility index (Phi) is 7.15. The van der Waals surface area contributed by atoms with Gasteiger partial charge in [0, 0.05) is 22.3 Å². The Balaban J connectivity index is 1.66. The van der Waals surface area contributed by atoms with Crippen LogP contribution in [0.2, 0.25) is 0 Å². The number of fused-ring (bicyclic) bond motifs is 1. The highest BCUT2D eigenvalue weighted by molar-refractivity contribution is 7.99. The molecule has 2 heterocycles. The molecule has 0 radical (unpaired) electrons. The normalized spacial score (nSPS) is 16.2. The summed E-state index contributed by atoms with van der Waals surface area (Å²) >= 11 is 3.31. The highest BCUT2D eigenvalue weighted by atomic mass is 32.2. The Morgan fingerprint density at radius 3 is 2.77 bits per heavy atom. The van der Waals surface area contributed by atoms with Gasteiger partial charge in [-0.2, -0.15) is 0 Å². The molecule has 5 nitrogen and oxygen atoms in total. The van der Waals surface area contributed by atoms with Crippen LogP contribution < -0.4 is 9.64 Å². The quantitative estimate of drug-likeness (QED) is 0.388. The maximum absolute atomic E-state index is 13.6. The summed E-state index contributed by atoms with van der Waals surface area (Å²) in [7, 11) is 0. The molecular formula is C24H28N2O3S2. The van der Waals surface area contributed by atoms with Crippen molar-refractivity contribution in [3.63, 3.8) is 0 Å². The molecule has 164 valence electrons. The zero-order chi connectivity index (χ0) is 21.8. The summed E-state index contributed by atoms with van der Waals surface area (Å²) in [6.07, 6.45) is 2.03. The number of rotatable bonds is 8. The first kappa shape index (κ1) is 22.1. The number of aromatic nitrogens is 1. The zero-order valence-corrected chi connectivity index (χ0v) is 19.8. The van der Waals surface area contributed by atoms with Gasteiger partial charge >= 0.3 is 0 Å². The molecule has 1 amide bonds. The van der Waals surface area contributed by atoms with E-state index in [1.165, 1.54) is 16.2 Å². The molecule has 7 heteroatoms. The predicted octanol–water partition coefficient (Wildman–Crippen LogP) is 6.02. The van der Waals surface area contributed by atoms with Crippen molar-refractivity contribution in [1.29, 1.82) is 0 Å². The topological polar surface area (TPSA) is 51.7 Å². The van der Waals surface area contributed by atoms with Crippen molar-refractivity contribution in [2.24, 2.45) is 0 Å². The van der Waals surface area contributed by atoms with E-state index in [2.05, 4.69) is 13.8 Å². The molecular weight excluding hydrogens is 428 g/mol. The number of hydrogen-bond donors (Lipinski definition) is 0. The van der Waals surface area contributed by atoms with Crippen LogP contribution in [0.3, 0.4) is 0 Å². The molecule has 1 aliphatic rings. The number of ether oxygens (including phenoxy) is 2. The van der Waals surface area contributed by atoms with E-state index in [0.717, 1.165) is 35.4 Å². The van der Waals surface area contributed by atoms with E-state index in [1.54, 1.807) is 16.7 Å². The van der Waals surface area contributed by atoms with Crippen LogP contribution in [0, 0.1) is 0 Å². The Hall–Kier alpha value is -2.09. The number of carbonyl (C=O) groups is 1. The maximum atomic E-state index is 13.6. The van der Waals surface area contributed by atoms with Gasteiger partial charge in [-0.1, -0.05) is 31.3 Å². The van der Waals surface area contributed by atoms with E-state index < -0.39 is 0 Å². The lowest BCUT2D eigenvalue weighted by Crippen LogP contribution is -2.37. The van der Waals surface area contributed by atoms with Crippen molar-refractivity contribution < 1.29 is 14.3 Å². The summed E-state index contributed by atoms with van der Waals surface area (Å²) in [5.74, 6) is 0.704. The molecule has 1 aromatic heterocycles. The second-order valence-electron chi connectivity index (χ2n) is 7.77. The predicted molar refractivity (Wildman–Crippen MR) is 129 cm³/mol. The number of carbonyl (C=O) groups excluding carboxylic acids is 1. The monoisotopic (exact) mass is 456 g/mol. The summed E-state index contributed by atoms with van der Waals surface area (Å²) < 4.78 is 12.6. The number of thioether (sulfide) groups is 1. The first-order valence-corrected chi connectivity index (χ1v) is 12.5. The first-order chi connectivity index (χ1) is 15.0. The van der Waals surface area contributed by atoms with E-state index in [-0.39, 0.29) is 12.0 Å². The van der Waals surface area contributed by atoms with Gasteiger partial charge in [-0.3, -0.25) is 9.69 Å². The van der Waals surface area contributed by atoms with Crippen molar-refractivity contribution in [2.45, 2.75) is 49.9 Å². The highest BCUT2D eigenvalue weighted by Crippen LogP contribution is 2.35. The molecule has 0 aliphatic carbocycles. The van der Waals surface area contributed by atoms with Gasteiger partial charge in [0.2, 0.25) is 0 Å². The maximum Gasteiger partial charge on any atom is 0.260 e. The Morgan fingerprint density at radius 1 is 1.29 bits per heavy atom. The Bertz CT molecular complexity index is 1030. The Morgan fingerprint density at radius 2 is 2.10 bits per heavy atom. The summed E-state index contributed by atoms with van der Waals surface area (Å²) in [5, 5.41) is 1.18. The standard InChI is InChI=1S/C24H28N2O3S2/c1-4-28-20-8-5-9-21-22(20)25-24(31-21)26(15-18-7-6-14-29-18)23(27)17-10-12-19(13-11-17)30-16(2)3/h5,8-13,16,18H,4,6-7,14-15H2,1-3H3. The van der Waals surface area contributed by atoms with Gasteiger partial charge in [0.05, 0.1) is 24.0 Å². The van der Waals surface area contributed by atoms with Gasteiger partial charge in [-0.15, -0.1) is 11.8 Å². The van der Waals surface area contributed by atoms with Gasteiger partial charge < -0.3 is 9.47 Å². The van der Waals surface area contributed by atoms with Gasteiger partial charge in [0.15, 0.2) is 5.13 Å². The van der Waals surface area contributed by atoms with Crippen molar-refractivity contribution in [2.75, 3.05) is 24.7 Å². The van der Waals surface area contributed by atoms with Gasteiger partial charge in [0.25, 0.3) is 5.91 Å². The molecule has 1 fully saturated rings. The smallest absolute Gasteiger partial charge is 0.260 e. The largest absolute Gasteiger partial charge is 0.492 e. The van der Waals surface area contributed by atoms with Crippen molar-refractivity contribution in [1.82, 2.24) is 4.98 Å². The number of anilines is 1. The second-order valence-corrected chi connectivity index (χ2v) is 10.4. The van der Waals surface area contributed by atoms with Gasteiger partial charge in [-0.25, -0.2) is 4.98 Å². The van der Waals surface area contributed by atoms with E-state index in [1.807, 2.05) is 49.4 Å². The fourth-order valence-electron chi connectivity index (χ4n) is 3.64. The Labute approximate surface area is 191 Å². The van der Waals surface area contributed by atoms with Crippen LogP contribution >= 0.6 is 23.1 Å². The third-order valence-electron chi connectivity index (χ3n) is 5.03. The molecule has 0 spiro atoms. The van der Waals surface area contributed by atoms with Crippen molar-refractivity contribution >= 4 is 44.4 Å². The number of para-hydroxylation sites is 1. The van der Waals surface area contributed by atoms with Gasteiger partial charge in [-0.05, 0) is 56.2 Å². The number of thiazole rings is 1. The van der Waals surface area contributed by atoms with E-state index >= 15 is 0 Å². The van der Waals surface area contributed by atoms with Crippen LogP contribution in [0.1, 0.15) is 44.0 Å². The van der Waals surface area contributed by atoms with Gasteiger partial charge in [0.1, 0.15) is 11.3 Å². The molecule has 0 bridgehead atoms. The molecule has 31 heavy (non-hydrogen) atoms. The minimum Gasteiger partial charge on any atom is -0.492 e. The third-order valence-corrected chi connectivity index (χ3v) is 7.09. The van der Waals surface area contributed by atoms with Crippen LogP contribution in [-0.4, -0.2) is 42.0 Å². The van der Waals surface area contributed by atoms with E-state index in [0.29, 0.717) is 29.1 Å². The van der Waals surface area contributed by atoms with E-state index in [4.69, 9.17) is 14.5 Å². The molecule has 1 unspecified atom stereocenters. The number of nitrogens with zero attached hydrogens (tertiary/aromatic N) is 2. The SMILES string of the molecule is CCOc1cccc2sc(N(CC3CCCO3)C(=O)c3ccc(SC(C)C)cc3)nc12. The number of benzene rings is 2. The molecule has 4 rings (SSSR count). The third kappa shape index (κ3) is 5.22. The van der Waals surface area contributed by atoms with Crippen LogP contribution in [0.25, 0.3) is 10.2 Å². The molecule has 3 aromatic rings. The fraction of sp³-hybridized carbons (Fsp3) is 0.417. The minimum absolute atomic E-state index is 0.0399. The lowest BCUT2D eigenvalue weighted by atomic mass is 10.2. The molecule has 2 aromatic carbocycles. The van der Waals surface area contributed by atoms with Crippen LogP contribution in [0.5, 0.6) is 5.75 Å². The van der Waals surface area contributed by atoms with Crippen molar-refractivity contribution in [3.8, 4) is 5.75 Å². The fourth-order valence-corrected chi connectivity index (χ4v) is 5.47. The molecule has 0 N–H and O–H groups in total. The average molecular weight is 457 g/mol. The van der Waals surface area contributed by atoms with Crippen LogP contribution in [-0.2, 0) is 4.74 Å². The first-order valence-electron chi connectivity index (χ1n) is 10.8. The molecule has 0 saturated carbocycles. The van der Waals surface area contributed by atoms with Crippen LogP contribution in [0.15, 0.2) is 47.4 Å². The molecule has 1 saturated heterocycles. The number of amides is 1. The van der Waals surface area contributed by atoms with Crippen LogP contribution in [0.4, 0.5) is 5.13 Å². The summed E-state index contributed by atoms with van der Waals surface area (Å²) in [5.41, 5.74) is 1.47. The summed E-state index contributed by atoms with van der Waals surface area (Å²) in [6, 6.07) is 13.8. The van der Waals surface area contributed by atoms with Crippen molar-refractivity contribution in [3.05, 3.63) is 48.0 Å². The highest BCUT2D eigenvalue weighted by Gasteiger charge is 2.27. The summed E-state index contributed by atoms with van der Waals surface area (Å²) in [4.78, 5) is 21.3. The average Bonchev–Trinajstić information content (AvgIpc) is 3.42. The van der Waals surface area contributed by atoms with E-state index in [9.17, 15) is 4.79 Å². The summed E-state index contributed by atoms with van der Waals surface area (Å²) in [6.45, 7) is 8.12. The molecule has 1 atom stereocenters.